The second-order valence-electron chi connectivity index (χ2n) is 2.23. The lowest BCUT2D eigenvalue weighted by Gasteiger charge is -1.91. The van der Waals surface area contributed by atoms with Crippen LogP contribution >= 0.6 is 0 Å². The zero-order chi connectivity index (χ0) is 8.10. The fourth-order valence-corrected chi connectivity index (χ4v) is 0.728. The van der Waals surface area contributed by atoms with Gasteiger partial charge in [-0.05, 0) is 24.6 Å². The largest absolute Gasteiger partial charge is 0.299 e. The van der Waals surface area contributed by atoms with Crippen LogP contribution in [0.4, 0.5) is 0 Å². The van der Waals surface area contributed by atoms with Crippen LogP contribution < -0.4 is 0 Å². The number of aromatic nitrogens is 1. The highest BCUT2D eigenvalue weighted by Gasteiger charge is 1.85. The molecule has 0 radical (unpaired) electrons. The van der Waals surface area contributed by atoms with Crippen molar-refractivity contribution in [1.82, 2.24) is 4.98 Å². The van der Waals surface area contributed by atoms with E-state index in [1.165, 1.54) is 6.08 Å². The molecule has 0 aromatic carbocycles. The molecule has 0 N–H and O–H groups in total. The molecule has 1 aromatic heterocycles. The number of aryl methyl sites for hydroxylation is 1. The van der Waals surface area contributed by atoms with E-state index in [0.717, 1.165) is 17.5 Å². The molecule has 0 atom stereocenters. The molecule has 1 rings (SSSR count). The Hall–Kier alpha value is -1.44. The Morgan fingerprint density at radius 1 is 1.45 bits per heavy atom. The van der Waals surface area contributed by atoms with Gasteiger partial charge in [-0.15, -0.1) is 0 Å². The van der Waals surface area contributed by atoms with Crippen molar-refractivity contribution in [2.75, 3.05) is 0 Å². The monoisotopic (exact) mass is 147 g/mol. The normalized spacial score (nSPS) is 10.3. The molecule has 56 valence electrons. The van der Waals surface area contributed by atoms with Gasteiger partial charge >= 0.3 is 0 Å². The molecule has 0 bridgehead atoms. The minimum Gasteiger partial charge on any atom is -0.299 e. The number of hydrogen-bond donors (Lipinski definition) is 0. The number of allylic oxidation sites excluding steroid dienone is 1. The highest BCUT2D eigenvalue weighted by molar-refractivity contribution is 5.73. The number of rotatable bonds is 2. The molecule has 0 unspecified atom stereocenters. The van der Waals surface area contributed by atoms with Gasteiger partial charge in [-0.25, -0.2) is 0 Å². The average Bonchev–Trinajstić information content (AvgIpc) is 2.04. The number of aldehydes is 1. The zero-order valence-corrected chi connectivity index (χ0v) is 6.32. The molecule has 2 heteroatoms. The van der Waals surface area contributed by atoms with E-state index in [1.54, 1.807) is 12.3 Å². The lowest BCUT2D eigenvalue weighted by Crippen LogP contribution is -1.79. The highest BCUT2D eigenvalue weighted by atomic mass is 16.1. The van der Waals surface area contributed by atoms with Gasteiger partial charge in [0.05, 0.1) is 0 Å². The minimum atomic E-state index is 0.750. The van der Waals surface area contributed by atoms with Crippen LogP contribution in [0.3, 0.4) is 0 Å². The van der Waals surface area contributed by atoms with Crippen LogP contribution in [-0.4, -0.2) is 11.3 Å². The van der Waals surface area contributed by atoms with E-state index >= 15 is 0 Å². The molecular weight excluding hydrogens is 138 g/mol. The standard InChI is InChI=1S/C9H9NO/c1-8-4-5-9(7-10-8)3-2-6-11/h2-7H,1H3. The van der Waals surface area contributed by atoms with Crippen LogP contribution in [0.1, 0.15) is 11.3 Å². The molecule has 1 aromatic rings. The van der Waals surface area contributed by atoms with E-state index in [0.29, 0.717) is 0 Å². The van der Waals surface area contributed by atoms with E-state index < -0.39 is 0 Å². The van der Waals surface area contributed by atoms with E-state index in [-0.39, 0.29) is 0 Å². The Morgan fingerprint density at radius 3 is 2.82 bits per heavy atom. The summed E-state index contributed by atoms with van der Waals surface area (Å²) < 4.78 is 0. The first-order valence-electron chi connectivity index (χ1n) is 3.37. The fourth-order valence-electron chi connectivity index (χ4n) is 0.728. The van der Waals surface area contributed by atoms with Gasteiger partial charge in [0.2, 0.25) is 0 Å². The number of pyridine rings is 1. The van der Waals surface area contributed by atoms with Gasteiger partial charge in [0.1, 0.15) is 6.29 Å². The Kier molecular flexibility index (Phi) is 2.55. The second kappa shape index (κ2) is 3.66. The van der Waals surface area contributed by atoms with Crippen molar-refractivity contribution in [3.8, 4) is 0 Å². The van der Waals surface area contributed by atoms with Gasteiger partial charge in [0.25, 0.3) is 0 Å². The van der Waals surface area contributed by atoms with Crippen LogP contribution in [0.25, 0.3) is 6.08 Å². The number of hydrogen-bond acceptors (Lipinski definition) is 2. The lowest BCUT2D eigenvalue weighted by atomic mass is 10.2. The first-order valence-corrected chi connectivity index (χ1v) is 3.37. The summed E-state index contributed by atoms with van der Waals surface area (Å²) in [4.78, 5) is 14.0. The molecule has 0 saturated carbocycles. The van der Waals surface area contributed by atoms with Crippen molar-refractivity contribution in [3.63, 3.8) is 0 Å². The molecule has 11 heavy (non-hydrogen) atoms. The molecule has 0 amide bonds. The van der Waals surface area contributed by atoms with E-state index in [2.05, 4.69) is 4.98 Å². The summed E-state index contributed by atoms with van der Waals surface area (Å²) in [7, 11) is 0. The molecule has 0 aliphatic heterocycles. The van der Waals surface area contributed by atoms with Gasteiger partial charge in [0.15, 0.2) is 0 Å². The fraction of sp³-hybridized carbons (Fsp3) is 0.111. The number of carbonyl (C=O) groups excluding carboxylic acids is 1. The van der Waals surface area contributed by atoms with Crippen molar-refractivity contribution >= 4 is 12.4 Å². The van der Waals surface area contributed by atoms with Gasteiger partial charge < -0.3 is 0 Å². The Bertz CT molecular complexity index is 261. The van der Waals surface area contributed by atoms with Gasteiger partial charge in [-0.3, -0.25) is 9.78 Å². The molecule has 2 nitrogen and oxygen atoms in total. The summed E-state index contributed by atoms with van der Waals surface area (Å²) in [5.41, 5.74) is 1.93. The smallest absolute Gasteiger partial charge is 0.142 e. The molecule has 0 aliphatic carbocycles. The van der Waals surface area contributed by atoms with E-state index in [9.17, 15) is 4.79 Å². The second-order valence-corrected chi connectivity index (χ2v) is 2.23. The molecule has 0 saturated heterocycles. The summed E-state index contributed by atoms with van der Waals surface area (Å²) in [6.07, 6.45) is 5.65. The minimum absolute atomic E-state index is 0.750. The van der Waals surface area contributed by atoms with Gasteiger partial charge in [-0.2, -0.15) is 0 Å². The van der Waals surface area contributed by atoms with Crippen LogP contribution in [0.2, 0.25) is 0 Å². The maximum atomic E-state index is 9.94. The third kappa shape index (κ3) is 2.34. The topological polar surface area (TPSA) is 30.0 Å². The quantitative estimate of drug-likeness (QED) is 0.469. The maximum Gasteiger partial charge on any atom is 0.142 e. The Morgan fingerprint density at radius 2 is 2.27 bits per heavy atom. The molecule has 0 aliphatic rings. The molecule has 0 spiro atoms. The van der Waals surface area contributed by atoms with Crippen molar-refractivity contribution in [1.29, 1.82) is 0 Å². The van der Waals surface area contributed by atoms with E-state index in [4.69, 9.17) is 0 Å². The maximum absolute atomic E-state index is 9.94. The highest BCUT2D eigenvalue weighted by Crippen LogP contribution is 2.00. The third-order valence-electron chi connectivity index (χ3n) is 1.30. The molecule has 1 heterocycles. The Balaban J connectivity index is 2.81. The summed E-state index contributed by atoms with van der Waals surface area (Å²) >= 11 is 0. The summed E-state index contributed by atoms with van der Waals surface area (Å²) in [5.74, 6) is 0. The summed E-state index contributed by atoms with van der Waals surface area (Å²) in [6, 6.07) is 3.83. The van der Waals surface area contributed by atoms with Crippen LogP contribution in [0.15, 0.2) is 24.4 Å². The zero-order valence-electron chi connectivity index (χ0n) is 6.32. The van der Waals surface area contributed by atoms with Crippen molar-refractivity contribution in [2.24, 2.45) is 0 Å². The van der Waals surface area contributed by atoms with Crippen LogP contribution in [0, 0.1) is 6.92 Å². The third-order valence-corrected chi connectivity index (χ3v) is 1.30. The predicted molar refractivity (Wildman–Crippen MR) is 44.1 cm³/mol. The van der Waals surface area contributed by atoms with Crippen LogP contribution in [-0.2, 0) is 4.79 Å². The van der Waals surface area contributed by atoms with Crippen molar-refractivity contribution in [2.45, 2.75) is 6.92 Å². The van der Waals surface area contributed by atoms with Gasteiger partial charge in [0, 0.05) is 11.9 Å². The van der Waals surface area contributed by atoms with E-state index in [1.807, 2.05) is 19.1 Å². The van der Waals surface area contributed by atoms with Crippen molar-refractivity contribution < 1.29 is 4.79 Å². The number of carbonyl (C=O) groups is 1. The van der Waals surface area contributed by atoms with Crippen LogP contribution in [0.5, 0.6) is 0 Å². The van der Waals surface area contributed by atoms with Crippen molar-refractivity contribution in [3.05, 3.63) is 35.7 Å². The lowest BCUT2D eigenvalue weighted by molar-refractivity contribution is -0.104. The van der Waals surface area contributed by atoms with Gasteiger partial charge in [-0.1, -0.05) is 12.1 Å². The summed E-state index contributed by atoms with van der Waals surface area (Å²) in [6.45, 7) is 1.92. The number of nitrogens with zero attached hydrogens (tertiary/aromatic N) is 1. The average molecular weight is 147 g/mol. The molecule has 0 fully saturated rings. The molecular formula is C9H9NO. The first-order chi connectivity index (χ1) is 5.33. The predicted octanol–water partition coefficient (Wildman–Crippen LogP) is 1.60. The first kappa shape index (κ1) is 7.66. The summed E-state index contributed by atoms with van der Waals surface area (Å²) in [5, 5.41) is 0. The SMILES string of the molecule is Cc1ccc(C=CC=O)cn1. The Labute approximate surface area is 65.6 Å².